The summed E-state index contributed by atoms with van der Waals surface area (Å²) in [6.45, 7) is 4.50. The van der Waals surface area contributed by atoms with E-state index in [0.29, 0.717) is 6.54 Å². The lowest BCUT2D eigenvalue weighted by Gasteiger charge is -2.24. The van der Waals surface area contributed by atoms with Crippen molar-refractivity contribution in [1.29, 1.82) is 0 Å². The lowest BCUT2D eigenvalue weighted by molar-refractivity contribution is 0.611. The van der Waals surface area contributed by atoms with Crippen LogP contribution in [0.5, 0.6) is 0 Å². The standard InChI is InChI=1S/C13H13ClFN3/c1-3-18(11-7-5-4-6-9(11)2)12-10(15)8-16-13(14)17-12/h4-8H,3H2,1-2H3. The second-order valence-corrected chi connectivity index (χ2v) is 4.18. The maximum atomic E-state index is 13.8. The molecule has 0 fully saturated rings. The summed E-state index contributed by atoms with van der Waals surface area (Å²) >= 11 is 5.73. The molecule has 0 radical (unpaired) electrons. The highest BCUT2D eigenvalue weighted by atomic mass is 35.5. The van der Waals surface area contributed by atoms with Crippen molar-refractivity contribution in [2.24, 2.45) is 0 Å². The van der Waals surface area contributed by atoms with Gasteiger partial charge < -0.3 is 4.90 Å². The van der Waals surface area contributed by atoms with Crippen molar-refractivity contribution >= 4 is 23.1 Å². The molecule has 1 aromatic heterocycles. The topological polar surface area (TPSA) is 29.0 Å². The van der Waals surface area contributed by atoms with E-state index in [2.05, 4.69) is 9.97 Å². The quantitative estimate of drug-likeness (QED) is 0.792. The van der Waals surface area contributed by atoms with E-state index in [9.17, 15) is 4.39 Å². The summed E-state index contributed by atoms with van der Waals surface area (Å²) in [6.07, 6.45) is 1.09. The Hall–Kier alpha value is -1.68. The van der Waals surface area contributed by atoms with Crippen molar-refractivity contribution in [1.82, 2.24) is 9.97 Å². The maximum Gasteiger partial charge on any atom is 0.224 e. The van der Waals surface area contributed by atoms with Crippen molar-refractivity contribution in [3.8, 4) is 0 Å². The molecule has 0 aliphatic heterocycles. The van der Waals surface area contributed by atoms with Crippen LogP contribution in [0, 0.1) is 12.7 Å². The van der Waals surface area contributed by atoms with Gasteiger partial charge in [0.1, 0.15) is 0 Å². The average Bonchev–Trinajstić information content (AvgIpc) is 2.36. The highest BCUT2D eigenvalue weighted by Gasteiger charge is 2.16. The number of rotatable bonds is 3. The van der Waals surface area contributed by atoms with Crippen molar-refractivity contribution < 1.29 is 4.39 Å². The zero-order chi connectivity index (χ0) is 13.1. The predicted molar refractivity (Wildman–Crippen MR) is 70.9 cm³/mol. The van der Waals surface area contributed by atoms with Crippen LogP contribution in [-0.4, -0.2) is 16.5 Å². The van der Waals surface area contributed by atoms with Gasteiger partial charge in [0.25, 0.3) is 0 Å². The van der Waals surface area contributed by atoms with Crippen molar-refractivity contribution in [2.45, 2.75) is 13.8 Å². The highest BCUT2D eigenvalue weighted by molar-refractivity contribution is 6.28. The highest BCUT2D eigenvalue weighted by Crippen LogP contribution is 2.28. The number of benzene rings is 1. The number of nitrogens with zero attached hydrogens (tertiary/aromatic N) is 3. The van der Waals surface area contributed by atoms with Gasteiger partial charge in [-0.05, 0) is 37.1 Å². The fourth-order valence-electron chi connectivity index (χ4n) is 1.83. The van der Waals surface area contributed by atoms with Gasteiger partial charge in [-0.15, -0.1) is 0 Å². The Morgan fingerprint density at radius 2 is 2.06 bits per heavy atom. The predicted octanol–water partition coefficient (Wildman–Crippen LogP) is 3.74. The third-order valence-electron chi connectivity index (χ3n) is 2.67. The van der Waals surface area contributed by atoms with Crippen molar-refractivity contribution in [2.75, 3.05) is 11.4 Å². The normalized spacial score (nSPS) is 10.4. The first-order valence-electron chi connectivity index (χ1n) is 5.64. The number of para-hydroxylation sites is 1. The largest absolute Gasteiger partial charge is 0.324 e. The summed E-state index contributed by atoms with van der Waals surface area (Å²) < 4.78 is 13.8. The molecule has 18 heavy (non-hydrogen) atoms. The first-order valence-corrected chi connectivity index (χ1v) is 6.02. The van der Waals surface area contributed by atoms with E-state index in [1.807, 2.05) is 38.1 Å². The Labute approximate surface area is 110 Å². The minimum absolute atomic E-state index is 0.0402. The van der Waals surface area contributed by atoms with Crippen LogP contribution in [-0.2, 0) is 0 Å². The number of anilines is 2. The van der Waals surface area contributed by atoms with E-state index < -0.39 is 5.82 Å². The van der Waals surface area contributed by atoms with Crippen molar-refractivity contribution in [3.63, 3.8) is 0 Å². The van der Waals surface area contributed by atoms with Gasteiger partial charge in [0.05, 0.1) is 6.20 Å². The van der Waals surface area contributed by atoms with Gasteiger partial charge in [0, 0.05) is 12.2 Å². The smallest absolute Gasteiger partial charge is 0.224 e. The van der Waals surface area contributed by atoms with Crippen LogP contribution < -0.4 is 4.90 Å². The Morgan fingerprint density at radius 3 is 2.72 bits per heavy atom. The Morgan fingerprint density at radius 1 is 1.33 bits per heavy atom. The second-order valence-electron chi connectivity index (χ2n) is 3.84. The van der Waals surface area contributed by atoms with Crippen LogP contribution in [0.1, 0.15) is 12.5 Å². The number of hydrogen-bond acceptors (Lipinski definition) is 3. The fourth-order valence-corrected chi connectivity index (χ4v) is 1.96. The Kier molecular flexibility index (Phi) is 3.77. The van der Waals surface area contributed by atoms with E-state index in [0.717, 1.165) is 17.4 Å². The van der Waals surface area contributed by atoms with Crippen LogP contribution in [0.4, 0.5) is 15.9 Å². The number of hydrogen-bond donors (Lipinski definition) is 0. The summed E-state index contributed by atoms with van der Waals surface area (Å²) in [7, 11) is 0. The summed E-state index contributed by atoms with van der Waals surface area (Å²) in [4.78, 5) is 9.37. The molecule has 2 rings (SSSR count). The molecule has 0 N–H and O–H groups in total. The lowest BCUT2D eigenvalue weighted by Crippen LogP contribution is -2.20. The van der Waals surface area contributed by atoms with E-state index in [1.165, 1.54) is 0 Å². The molecule has 0 aliphatic carbocycles. The van der Waals surface area contributed by atoms with Crippen molar-refractivity contribution in [3.05, 3.63) is 47.1 Å². The van der Waals surface area contributed by atoms with Gasteiger partial charge in [-0.2, -0.15) is 4.98 Å². The van der Waals surface area contributed by atoms with Gasteiger partial charge in [-0.1, -0.05) is 18.2 Å². The fraction of sp³-hybridized carbons (Fsp3) is 0.231. The molecule has 94 valence electrons. The Balaban J connectivity index is 2.52. The summed E-state index contributed by atoms with van der Waals surface area (Å²) in [5.41, 5.74) is 1.96. The minimum atomic E-state index is -0.482. The minimum Gasteiger partial charge on any atom is -0.324 e. The molecule has 1 heterocycles. The second kappa shape index (κ2) is 5.31. The SMILES string of the molecule is CCN(c1ccccc1C)c1nc(Cl)ncc1F. The van der Waals surface area contributed by atoms with Crippen LogP contribution in [0.25, 0.3) is 0 Å². The molecular weight excluding hydrogens is 253 g/mol. The first kappa shape index (κ1) is 12.8. The van der Waals surface area contributed by atoms with E-state index in [-0.39, 0.29) is 11.1 Å². The summed E-state index contributed by atoms with van der Waals surface area (Å²) in [5.74, 6) is -0.281. The molecule has 3 nitrogen and oxygen atoms in total. The number of halogens is 2. The van der Waals surface area contributed by atoms with Crippen LogP contribution in [0.15, 0.2) is 30.5 Å². The molecule has 1 aromatic carbocycles. The maximum absolute atomic E-state index is 13.8. The van der Waals surface area contributed by atoms with E-state index >= 15 is 0 Å². The lowest BCUT2D eigenvalue weighted by atomic mass is 10.2. The molecule has 0 spiro atoms. The van der Waals surface area contributed by atoms with Crippen LogP contribution >= 0.6 is 11.6 Å². The molecule has 2 aromatic rings. The van der Waals surface area contributed by atoms with Gasteiger partial charge >= 0.3 is 0 Å². The van der Waals surface area contributed by atoms with Gasteiger partial charge in [0.2, 0.25) is 5.28 Å². The average molecular weight is 266 g/mol. The number of aromatic nitrogens is 2. The summed E-state index contributed by atoms with van der Waals surface area (Å²) in [5, 5.41) is 0.0402. The molecule has 0 amide bonds. The molecular formula is C13H13ClFN3. The molecule has 0 aliphatic rings. The van der Waals surface area contributed by atoms with Gasteiger partial charge in [0.15, 0.2) is 11.6 Å². The molecule has 5 heteroatoms. The monoisotopic (exact) mass is 265 g/mol. The summed E-state index contributed by atoms with van der Waals surface area (Å²) in [6, 6.07) is 7.74. The number of aryl methyl sites for hydroxylation is 1. The van der Waals surface area contributed by atoms with Gasteiger partial charge in [-0.25, -0.2) is 9.37 Å². The Bertz CT molecular complexity index is 560. The molecule has 0 bridgehead atoms. The van der Waals surface area contributed by atoms with Crippen LogP contribution in [0.3, 0.4) is 0 Å². The van der Waals surface area contributed by atoms with Gasteiger partial charge in [-0.3, -0.25) is 0 Å². The first-order chi connectivity index (χ1) is 8.63. The zero-order valence-corrected chi connectivity index (χ0v) is 10.9. The third-order valence-corrected chi connectivity index (χ3v) is 2.86. The van der Waals surface area contributed by atoms with E-state index in [1.54, 1.807) is 4.90 Å². The van der Waals surface area contributed by atoms with Crippen LogP contribution in [0.2, 0.25) is 5.28 Å². The third kappa shape index (κ3) is 2.43. The molecule has 0 unspecified atom stereocenters. The molecule has 0 saturated heterocycles. The molecule has 0 saturated carbocycles. The molecule has 0 atom stereocenters. The van der Waals surface area contributed by atoms with E-state index in [4.69, 9.17) is 11.6 Å². The zero-order valence-electron chi connectivity index (χ0n) is 10.2.